The summed E-state index contributed by atoms with van der Waals surface area (Å²) in [6.45, 7) is 23.7. The van der Waals surface area contributed by atoms with Crippen LogP contribution >= 0.6 is 0 Å². The highest BCUT2D eigenvalue weighted by atomic mass is 16.5. The normalized spacial score (nSPS) is 12.8. The Morgan fingerprint density at radius 1 is 0.422 bits per heavy atom. The lowest BCUT2D eigenvalue weighted by atomic mass is 9.70. The van der Waals surface area contributed by atoms with Crippen LogP contribution in [0.5, 0.6) is 0 Å². The number of amides is 1. The minimum absolute atomic E-state index is 0.0274. The molecule has 64 heavy (non-hydrogen) atoms. The van der Waals surface area contributed by atoms with Gasteiger partial charge in [-0.05, 0) is 71.1 Å². The summed E-state index contributed by atoms with van der Waals surface area (Å²) in [6, 6.07) is 0. The predicted octanol–water partition coefficient (Wildman–Crippen LogP) is 20.0. The molecule has 0 atom stereocenters. The molecule has 4 heteroatoms. The van der Waals surface area contributed by atoms with Crippen molar-refractivity contribution in [2.24, 2.45) is 16.7 Å². The predicted molar refractivity (Wildman–Crippen MR) is 286 cm³/mol. The van der Waals surface area contributed by atoms with Gasteiger partial charge in [-0.15, -0.1) is 0 Å². The van der Waals surface area contributed by atoms with Gasteiger partial charge in [0.15, 0.2) is 0 Å². The zero-order valence-corrected chi connectivity index (χ0v) is 46.2. The molecule has 1 amide bonds. The van der Waals surface area contributed by atoms with Crippen molar-refractivity contribution in [2.45, 2.75) is 344 Å². The number of unbranched alkanes of at least 4 members (excludes halogenated alkanes) is 34. The Hall–Kier alpha value is -0.610. The quantitative estimate of drug-likeness (QED) is 0.0619. The maximum atomic E-state index is 13.9. The molecular formula is C60H121NO3. The van der Waals surface area contributed by atoms with Crippen LogP contribution < -0.4 is 5.32 Å². The lowest BCUT2D eigenvalue weighted by Crippen LogP contribution is -2.43. The molecule has 0 radical (unpaired) electrons. The van der Waals surface area contributed by atoms with Gasteiger partial charge in [-0.1, -0.05) is 273 Å². The van der Waals surface area contributed by atoms with Crippen LogP contribution in [0.15, 0.2) is 0 Å². The number of ether oxygens (including phenoxy) is 2. The number of hydrogen-bond donors (Lipinski definition) is 1. The molecule has 0 spiro atoms. The number of methoxy groups -OCH3 is 1. The van der Waals surface area contributed by atoms with E-state index in [-0.39, 0.29) is 22.5 Å². The van der Waals surface area contributed by atoms with Crippen LogP contribution in [0, 0.1) is 16.7 Å². The van der Waals surface area contributed by atoms with Crippen molar-refractivity contribution < 1.29 is 14.3 Å². The molecule has 384 valence electrons. The SMILES string of the molecule is CCCCCCCCCCCCCCCCCCCCC(CCCCCCCCCCCCCCCCCCCC)CNC(=O)C(C)(C)CC(C)(C)CC(C)(C)OCCC(C)(C)OC. The van der Waals surface area contributed by atoms with Gasteiger partial charge in [-0.3, -0.25) is 4.79 Å². The minimum Gasteiger partial charge on any atom is -0.379 e. The zero-order chi connectivity index (χ0) is 47.7. The molecule has 0 saturated carbocycles. The van der Waals surface area contributed by atoms with E-state index in [0.717, 1.165) is 25.8 Å². The van der Waals surface area contributed by atoms with Crippen molar-refractivity contribution in [1.82, 2.24) is 5.32 Å². The van der Waals surface area contributed by atoms with Crippen molar-refractivity contribution >= 4 is 5.91 Å². The molecule has 0 aliphatic heterocycles. The van der Waals surface area contributed by atoms with E-state index in [1.807, 2.05) is 0 Å². The third-order valence-corrected chi connectivity index (χ3v) is 14.7. The Morgan fingerprint density at radius 3 is 1.02 bits per heavy atom. The third-order valence-electron chi connectivity index (χ3n) is 14.7. The maximum absolute atomic E-state index is 13.9. The molecule has 0 saturated heterocycles. The highest BCUT2D eigenvalue weighted by molar-refractivity contribution is 5.81. The standard InChI is InChI=1S/C60H121NO3/c1-12-14-16-18-20-22-24-26-28-30-32-34-36-38-40-42-44-46-48-55(49-47-45-43-41-39-37-35-33-31-29-27-25-23-21-19-17-15-13-2)52-61-56(62)58(5,6)53-57(3,4)54-60(9,10)64-51-50-59(7,8)63-11/h55H,12-54H2,1-11H3,(H,61,62). The van der Waals surface area contributed by atoms with E-state index in [0.29, 0.717) is 12.5 Å². The first kappa shape index (κ1) is 63.4. The minimum atomic E-state index is -0.427. The molecule has 0 fully saturated rings. The third kappa shape index (κ3) is 41.6. The van der Waals surface area contributed by atoms with Crippen LogP contribution in [0.2, 0.25) is 0 Å². The van der Waals surface area contributed by atoms with Gasteiger partial charge in [0.05, 0.1) is 17.8 Å². The second-order valence-electron chi connectivity index (χ2n) is 23.9. The Kier molecular flexibility index (Phi) is 41.0. The summed E-state index contributed by atoms with van der Waals surface area (Å²) >= 11 is 0. The monoisotopic (exact) mass is 904 g/mol. The van der Waals surface area contributed by atoms with Crippen LogP contribution in [0.3, 0.4) is 0 Å². The van der Waals surface area contributed by atoms with E-state index in [1.165, 1.54) is 244 Å². The van der Waals surface area contributed by atoms with E-state index >= 15 is 0 Å². The van der Waals surface area contributed by atoms with Gasteiger partial charge in [0.1, 0.15) is 0 Å². The first-order valence-corrected chi connectivity index (χ1v) is 29.1. The summed E-state index contributed by atoms with van der Waals surface area (Å²) in [5.74, 6) is 0.820. The van der Waals surface area contributed by atoms with E-state index in [9.17, 15) is 4.79 Å². The fourth-order valence-electron chi connectivity index (χ4n) is 10.7. The van der Waals surface area contributed by atoms with E-state index in [1.54, 1.807) is 7.11 Å². The molecule has 4 nitrogen and oxygen atoms in total. The summed E-state index contributed by atoms with van der Waals surface area (Å²) in [4.78, 5) is 13.9. The molecule has 0 aromatic heterocycles. The van der Waals surface area contributed by atoms with Crippen LogP contribution in [0.25, 0.3) is 0 Å². The molecule has 0 aromatic carbocycles. The summed E-state index contributed by atoms with van der Waals surface area (Å²) in [6.07, 6.45) is 56.3. The van der Waals surface area contributed by atoms with Crippen molar-refractivity contribution in [1.29, 1.82) is 0 Å². The number of hydrogen-bond acceptors (Lipinski definition) is 3. The molecule has 0 aromatic rings. The highest BCUT2D eigenvalue weighted by Gasteiger charge is 2.38. The molecule has 0 unspecified atom stereocenters. The Balaban J connectivity index is 4.63. The molecule has 0 bridgehead atoms. The molecule has 0 heterocycles. The first-order chi connectivity index (χ1) is 30.6. The van der Waals surface area contributed by atoms with Gasteiger partial charge in [0.2, 0.25) is 5.91 Å². The van der Waals surface area contributed by atoms with Crippen molar-refractivity contribution in [3.8, 4) is 0 Å². The second kappa shape index (κ2) is 41.4. The molecule has 0 rings (SSSR count). The van der Waals surface area contributed by atoms with Crippen LogP contribution in [0.1, 0.15) is 332 Å². The van der Waals surface area contributed by atoms with Crippen LogP contribution in [0.4, 0.5) is 0 Å². The summed E-state index contributed by atoms with van der Waals surface area (Å²) in [5, 5.41) is 3.50. The maximum Gasteiger partial charge on any atom is 0.225 e. The molecular weight excluding hydrogens is 783 g/mol. The van der Waals surface area contributed by atoms with Gasteiger partial charge in [0.25, 0.3) is 0 Å². The van der Waals surface area contributed by atoms with Crippen molar-refractivity contribution in [3.63, 3.8) is 0 Å². The Morgan fingerprint density at radius 2 is 0.719 bits per heavy atom. The Bertz CT molecular complexity index is 961. The lowest BCUT2D eigenvalue weighted by Gasteiger charge is -2.40. The summed E-state index contributed by atoms with van der Waals surface area (Å²) in [5.41, 5.74) is -0.895. The van der Waals surface area contributed by atoms with E-state index in [4.69, 9.17) is 9.47 Å². The molecule has 1 N–H and O–H groups in total. The van der Waals surface area contributed by atoms with Crippen LogP contribution in [-0.4, -0.2) is 37.4 Å². The van der Waals surface area contributed by atoms with E-state index < -0.39 is 5.41 Å². The van der Waals surface area contributed by atoms with E-state index in [2.05, 4.69) is 74.6 Å². The fourth-order valence-corrected chi connectivity index (χ4v) is 10.7. The number of carbonyl (C=O) groups is 1. The fraction of sp³-hybridized carbons (Fsp3) is 0.983. The molecule has 0 aliphatic carbocycles. The lowest BCUT2D eigenvalue weighted by molar-refractivity contribution is -0.132. The number of rotatable bonds is 50. The van der Waals surface area contributed by atoms with Gasteiger partial charge >= 0.3 is 0 Å². The van der Waals surface area contributed by atoms with Gasteiger partial charge in [0, 0.05) is 19.1 Å². The average Bonchev–Trinajstić information content (AvgIpc) is 3.23. The number of nitrogens with one attached hydrogen (secondary N) is 1. The number of carbonyl (C=O) groups excluding carboxylic acids is 1. The molecule has 0 aliphatic rings. The second-order valence-corrected chi connectivity index (χ2v) is 23.9. The van der Waals surface area contributed by atoms with Crippen molar-refractivity contribution in [3.05, 3.63) is 0 Å². The largest absolute Gasteiger partial charge is 0.379 e. The van der Waals surface area contributed by atoms with Gasteiger partial charge in [-0.25, -0.2) is 0 Å². The van der Waals surface area contributed by atoms with Crippen molar-refractivity contribution in [2.75, 3.05) is 20.3 Å². The average molecular weight is 905 g/mol. The van der Waals surface area contributed by atoms with Gasteiger partial charge < -0.3 is 14.8 Å². The smallest absolute Gasteiger partial charge is 0.225 e. The van der Waals surface area contributed by atoms with Crippen LogP contribution in [-0.2, 0) is 14.3 Å². The first-order valence-electron chi connectivity index (χ1n) is 29.1. The topological polar surface area (TPSA) is 47.6 Å². The highest BCUT2D eigenvalue weighted by Crippen LogP contribution is 2.41. The summed E-state index contributed by atoms with van der Waals surface area (Å²) < 4.78 is 12.0. The zero-order valence-electron chi connectivity index (χ0n) is 46.2. The summed E-state index contributed by atoms with van der Waals surface area (Å²) in [7, 11) is 1.77. The van der Waals surface area contributed by atoms with Gasteiger partial charge in [-0.2, -0.15) is 0 Å². The Labute approximate surface area is 404 Å².